The summed E-state index contributed by atoms with van der Waals surface area (Å²) in [5.74, 6) is 1.62. The van der Waals surface area contributed by atoms with Crippen molar-refractivity contribution in [3.05, 3.63) is 47.8 Å². The fourth-order valence-corrected chi connectivity index (χ4v) is 2.57. The lowest BCUT2D eigenvalue weighted by molar-refractivity contribution is 0.341. The van der Waals surface area contributed by atoms with Crippen LogP contribution in [0.25, 0.3) is 21.9 Å². The highest BCUT2D eigenvalue weighted by molar-refractivity contribution is 7.13. The van der Waals surface area contributed by atoms with Gasteiger partial charge in [0.1, 0.15) is 11.4 Å². The third-order valence-corrected chi connectivity index (χ3v) is 3.62. The van der Waals surface area contributed by atoms with E-state index in [0.717, 1.165) is 27.6 Å². The molecule has 3 rings (SSSR count). The molecular weight excluding hydrogens is 258 g/mol. The Morgan fingerprint density at radius 2 is 2.11 bits per heavy atom. The van der Waals surface area contributed by atoms with Crippen molar-refractivity contribution in [3.63, 3.8) is 0 Å². The molecule has 0 N–H and O–H groups in total. The molecule has 3 nitrogen and oxygen atoms in total. The second-order valence-corrected chi connectivity index (χ2v) is 4.93. The maximum absolute atomic E-state index is 5.61. The molecule has 96 valence electrons. The molecule has 0 amide bonds. The molecule has 0 atom stereocenters. The van der Waals surface area contributed by atoms with Crippen molar-refractivity contribution in [1.82, 2.24) is 5.16 Å². The van der Waals surface area contributed by atoms with Gasteiger partial charge in [-0.05, 0) is 30.5 Å². The van der Waals surface area contributed by atoms with Gasteiger partial charge in [0.15, 0.2) is 5.76 Å². The molecule has 0 unspecified atom stereocenters. The first-order chi connectivity index (χ1) is 9.38. The molecular formula is C15H13NO2S. The van der Waals surface area contributed by atoms with Gasteiger partial charge in [-0.2, -0.15) is 0 Å². The normalized spacial score (nSPS) is 10.6. The number of ether oxygens (including phenoxy) is 1. The maximum Gasteiger partial charge on any atom is 0.177 e. The molecule has 0 radical (unpaired) electrons. The van der Waals surface area contributed by atoms with E-state index < -0.39 is 0 Å². The average Bonchev–Trinajstić information content (AvgIpc) is 3.11. The number of para-hydroxylation sites is 1. The molecule has 0 saturated heterocycles. The molecule has 2 heterocycles. The van der Waals surface area contributed by atoms with Gasteiger partial charge in [0.05, 0.1) is 11.5 Å². The van der Waals surface area contributed by atoms with Crippen molar-refractivity contribution in [3.8, 4) is 27.6 Å². The summed E-state index contributed by atoms with van der Waals surface area (Å²) < 4.78 is 11.0. The minimum Gasteiger partial charge on any atom is -0.493 e. The first kappa shape index (κ1) is 12.0. The number of rotatable bonds is 4. The Labute approximate surface area is 115 Å². The van der Waals surface area contributed by atoms with Gasteiger partial charge >= 0.3 is 0 Å². The van der Waals surface area contributed by atoms with Crippen LogP contribution in [0.5, 0.6) is 5.75 Å². The first-order valence-electron chi connectivity index (χ1n) is 6.11. The van der Waals surface area contributed by atoms with E-state index in [1.807, 2.05) is 54.8 Å². The van der Waals surface area contributed by atoms with Crippen molar-refractivity contribution in [1.29, 1.82) is 0 Å². The van der Waals surface area contributed by atoms with Crippen LogP contribution in [0.2, 0.25) is 0 Å². The maximum atomic E-state index is 5.61. The van der Waals surface area contributed by atoms with E-state index >= 15 is 0 Å². The number of hydrogen-bond acceptors (Lipinski definition) is 4. The van der Waals surface area contributed by atoms with Crippen LogP contribution < -0.4 is 4.74 Å². The highest BCUT2D eigenvalue weighted by Crippen LogP contribution is 2.33. The van der Waals surface area contributed by atoms with E-state index in [1.54, 1.807) is 11.3 Å². The van der Waals surface area contributed by atoms with E-state index in [1.165, 1.54) is 0 Å². The standard InChI is InChI=1S/C15H13NO2S/c1-2-17-13-7-4-3-6-11(13)12-10-14(18-16-12)15-8-5-9-19-15/h3-10H,2H2,1H3. The lowest BCUT2D eigenvalue weighted by Crippen LogP contribution is -1.93. The SMILES string of the molecule is CCOc1ccccc1-c1cc(-c2cccs2)on1. The van der Waals surface area contributed by atoms with Gasteiger partial charge in [-0.3, -0.25) is 0 Å². The number of hydrogen-bond donors (Lipinski definition) is 0. The second kappa shape index (κ2) is 5.28. The third-order valence-electron chi connectivity index (χ3n) is 2.74. The summed E-state index contributed by atoms with van der Waals surface area (Å²) in [6.45, 7) is 2.60. The summed E-state index contributed by atoms with van der Waals surface area (Å²) in [6.07, 6.45) is 0. The minimum atomic E-state index is 0.632. The molecule has 19 heavy (non-hydrogen) atoms. The zero-order valence-electron chi connectivity index (χ0n) is 10.5. The van der Waals surface area contributed by atoms with E-state index in [0.29, 0.717) is 6.61 Å². The van der Waals surface area contributed by atoms with Gasteiger partial charge in [-0.15, -0.1) is 11.3 Å². The summed E-state index contributed by atoms with van der Waals surface area (Å²) >= 11 is 1.63. The van der Waals surface area contributed by atoms with Crippen LogP contribution in [0.15, 0.2) is 52.4 Å². The quantitative estimate of drug-likeness (QED) is 0.702. The molecule has 2 aromatic heterocycles. The molecule has 1 aromatic carbocycles. The number of nitrogens with zero attached hydrogens (tertiary/aromatic N) is 1. The van der Waals surface area contributed by atoms with Crippen LogP contribution in [0.3, 0.4) is 0 Å². The second-order valence-electron chi connectivity index (χ2n) is 3.98. The Kier molecular flexibility index (Phi) is 3.33. The summed E-state index contributed by atoms with van der Waals surface area (Å²) in [5, 5.41) is 6.16. The fourth-order valence-electron chi connectivity index (χ4n) is 1.90. The van der Waals surface area contributed by atoms with Gasteiger partial charge in [0.25, 0.3) is 0 Å². The molecule has 0 spiro atoms. The summed E-state index contributed by atoms with van der Waals surface area (Å²) in [7, 11) is 0. The molecule has 0 fully saturated rings. The molecule has 0 bridgehead atoms. The summed E-state index contributed by atoms with van der Waals surface area (Å²) in [4.78, 5) is 1.08. The largest absolute Gasteiger partial charge is 0.493 e. The Morgan fingerprint density at radius 3 is 2.89 bits per heavy atom. The number of benzene rings is 1. The smallest absolute Gasteiger partial charge is 0.177 e. The number of aromatic nitrogens is 1. The van der Waals surface area contributed by atoms with Crippen LogP contribution in [-0.4, -0.2) is 11.8 Å². The van der Waals surface area contributed by atoms with E-state index in [2.05, 4.69) is 5.16 Å². The van der Waals surface area contributed by atoms with Crippen LogP contribution in [0, 0.1) is 0 Å². The summed E-state index contributed by atoms with van der Waals surface area (Å²) in [6, 6.07) is 13.8. The Hall–Kier alpha value is -2.07. The minimum absolute atomic E-state index is 0.632. The van der Waals surface area contributed by atoms with E-state index in [-0.39, 0.29) is 0 Å². The average molecular weight is 271 g/mol. The number of thiophene rings is 1. The van der Waals surface area contributed by atoms with Crippen molar-refractivity contribution in [2.75, 3.05) is 6.61 Å². The lowest BCUT2D eigenvalue weighted by atomic mass is 10.1. The molecule has 0 saturated carbocycles. The zero-order valence-corrected chi connectivity index (χ0v) is 11.3. The predicted octanol–water partition coefficient (Wildman–Crippen LogP) is 4.47. The lowest BCUT2D eigenvalue weighted by Gasteiger charge is -2.06. The van der Waals surface area contributed by atoms with Gasteiger partial charge in [0.2, 0.25) is 0 Å². The van der Waals surface area contributed by atoms with Crippen LogP contribution in [-0.2, 0) is 0 Å². The highest BCUT2D eigenvalue weighted by Gasteiger charge is 2.12. The summed E-state index contributed by atoms with van der Waals surface area (Å²) in [5.41, 5.74) is 1.75. The molecule has 0 aliphatic heterocycles. The topological polar surface area (TPSA) is 35.3 Å². The Balaban J connectivity index is 1.99. The van der Waals surface area contributed by atoms with Gasteiger partial charge in [-0.1, -0.05) is 23.4 Å². The molecule has 0 aliphatic carbocycles. The van der Waals surface area contributed by atoms with Crippen LogP contribution in [0.4, 0.5) is 0 Å². The highest BCUT2D eigenvalue weighted by atomic mass is 32.1. The third kappa shape index (κ3) is 2.39. The molecule has 4 heteroatoms. The van der Waals surface area contributed by atoms with Crippen molar-refractivity contribution in [2.45, 2.75) is 6.92 Å². The molecule has 3 aromatic rings. The Morgan fingerprint density at radius 1 is 1.21 bits per heavy atom. The van der Waals surface area contributed by atoms with Crippen LogP contribution in [0.1, 0.15) is 6.92 Å². The van der Waals surface area contributed by atoms with Crippen molar-refractivity contribution >= 4 is 11.3 Å². The van der Waals surface area contributed by atoms with E-state index in [9.17, 15) is 0 Å². The molecule has 0 aliphatic rings. The van der Waals surface area contributed by atoms with Gasteiger partial charge < -0.3 is 9.26 Å². The van der Waals surface area contributed by atoms with Crippen molar-refractivity contribution < 1.29 is 9.26 Å². The van der Waals surface area contributed by atoms with E-state index in [4.69, 9.17) is 9.26 Å². The van der Waals surface area contributed by atoms with Gasteiger partial charge in [-0.25, -0.2) is 0 Å². The predicted molar refractivity (Wildman–Crippen MR) is 76.4 cm³/mol. The monoisotopic (exact) mass is 271 g/mol. The van der Waals surface area contributed by atoms with Gasteiger partial charge in [0, 0.05) is 11.6 Å². The van der Waals surface area contributed by atoms with Crippen LogP contribution >= 0.6 is 11.3 Å². The first-order valence-corrected chi connectivity index (χ1v) is 6.99. The Bertz CT molecular complexity index is 658. The fraction of sp³-hybridized carbons (Fsp3) is 0.133. The van der Waals surface area contributed by atoms with Crippen molar-refractivity contribution in [2.24, 2.45) is 0 Å². The zero-order chi connectivity index (χ0) is 13.1.